The van der Waals surface area contributed by atoms with E-state index in [1.165, 1.54) is 28.6 Å². The molecule has 170 valence electrons. The summed E-state index contributed by atoms with van der Waals surface area (Å²) >= 11 is 0. The van der Waals surface area contributed by atoms with Gasteiger partial charge in [0.15, 0.2) is 6.61 Å². The summed E-state index contributed by atoms with van der Waals surface area (Å²) in [6.45, 7) is 6.78. The van der Waals surface area contributed by atoms with E-state index in [0.717, 1.165) is 6.42 Å². The Morgan fingerprint density at radius 1 is 1.10 bits per heavy atom. The van der Waals surface area contributed by atoms with Gasteiger partial charge < -0.3 is 14.4 Å². The van der Waals surface area contributed by atoms with E-state index in [2.05, 4.69) is 13.8 Å². The van der Waals surface area contributed by atoms with Crippen LogP contribution in [0.3, 0.4) is 0 Å². The van der Waals surface area contributed by atoms with E-state index in [9.17, 15) is 18.0 Å². The Labute approximate surface area is 183 Å². The number of hydrogen-bond acceptors (Lipinski definition) is 6. The van der Waals surface area contributed by atoms with Gasteiger partial charge in [-0.25, -0.2) is 13.2 Å². The number of benzene rings is 1. The minimum atomic E-state index is -3.55. The molecule has 0 aromatic heterocycles. The molecular formula is C22H30N2O6S. The van der Waals surface area contributed by atoms with E-state index in [1.807, 2.05) is 0 Å². The van der Waals surface area contributed by atoms with Crippen LogP contribution in [0.1, 0.15) is 25.8 Å². The molecule has 0 radical (unpaired) electrons. The van der Waals surface area contributed by atoms with Crippen molar-refractivity contribution in [3.63, 3.8) is 0 Å². The van der Waals surface area contributed by atoms with Gasteiger partial charge in [0, 0.05) is 32.3 Å². The number of amides is 1. The third-order valence-electron chi connectivity index (χ3n) is 5.46. The van der Waals surface area contributed by atoms with Crippen LogP contribution in [0.2, 0.25) is 0 Å². The zero-order valence-corrected chi connectivity index (χ0v) is 18.8. The number of likely N-dealkylation sites (tertiary alicyclic amines) is 1. The largest absolute Gasteiger partial charge is 0.452 e. The fraction of sp³-hybridized carbons (Fsp3) is 0.545. The van der Waals surface area contributed by atoms with Crippen molar-refractivity contribution in [1.82, 2.24) is 9.21 Å². The molecule has 2 aliphatic heterocycles. The number of nitrogens with zero attached hydrogens (tertiary/aromatic N) is 2. The first-order valence-electron chi connectivity index (χ1n) is 10.6. The predicted octanol–water partition coefficient (Wildman–Crippen LogP) is 1.77. The fourth-order valence-electron chi connectivity index (χ4n) is 3.99. The second-order valence-corrected chi connectivity index (χ2v) is 10.2. The van der Waals surface area contributed by atoms with Crippen LogP contribution in [0.4, 0.5) is 0 Å². The lowest BCUT2D eigenvalue weighted by Crippen LogP contribution is -2.44. The Kier molecular flexibility index (Phi) is 7.85. The molecule has 2 heterocycles. The topological polar surface area (TPSA) is 93.2 Å². The molecule has 2 fully saturated rings. The summed E-state index contributed by atoms with van der Waals surface area (Å²) in [5, 5.41) is 0. The fourth-order valence-corrected chi connectivity index (χ4v) is 5.40. The molecule has 3 rings (SSSR count). The molecule has 2 aliphatic rings. The minimum absolute atomic E-state index is 0.183. The summed E-state index contributed by atoms with van der Waals surface area (Å²) in [7, 11) is -3.55. The lowest BCUT2D eigenvalue weighted by molar-refractivity contribution is -0.149. The van der Waals surface area contributed by atoms with E-state index < -0.39 is 16.0 Å². The number of hydrogen-bond donors (Lipinski definition) is 0. The lowest BCUT2D eigenvalue weighted by Gasteiger charge is -2.34. The molecule has 2 unspecified atom stereocenters. The zero-order chi connectivity index (χ0) is 22.4. The van der Waals surface area contributed by atoms with Crippen LogP contribution in [-0.4, -0.2) is 75.5 Å². The van der Waals surface area contributed by atoms with Crippen molar-refractivity contribution in [1.29, 1.82) is 0 Å². The molecule has 1 aromatic carbocycles. The van der Waals surface area contributed by atoms with Crippen LogP contribution >= 0.6 is 0 Å². The predicted molar refractivity (Wildman–Crippen MR) is 116 cm³/mol. The summed E-state index contributed by atoms with van der Waals surface area (Å²) in [4.78, 5) is 26.2. The molecule has 0 bridgehead atoms. The van der Waals surface area contributed by atoms with E-state index in [1.54, 1.807) is 17.0 Å². The number of esters is 1. The first-order valence-corrected chi connectivity index (χ1v) is 12.0. The van der Waals surface area contributed by atoms with Gasteiger partial charge in [0.25, 0.3) is 5.91 Å². The van der Waals surface area contributed by atoms with Crippen LogP contribution in [-0.2, 0) is 29.1 Å². The number of morpholine rings is 1. The molecule has 0 N–H and O–H groups in total. The second kappa shape index (κ2) is 10.4. The molecule has 0 spiro atoms. The highest BCUT2D eigenvalue weighted by atomic mass is 32.2. The maximum Gasteiger partial charge on any atom is 0.331 e. The standard InChI is InChI=1S/C22H30N2O6S/c1-17-13-18(2)15-23(14-17)21(25)16-30-22(26)8-5-19-3-6-20(7-4-19)31(27,28)24-9-11-29-12-10-24/h3-8,17-18H,9-16H2,1-2H3/b8-5+. The number of sulfonamides is 1. The number of rotatable bonds is 6. The Morgan fingerprint density at radius 2 is 1.71 bits per heavy atom. The monoisotopic (exact) mass is 450 g/mol. The lowest BCUT2D eigenvalue weighted by atomic mass is 9.92. The van der Waals surface area contributed by atoms with Gasteiger partial charge in [-0.15, -0.1) is 0 Å². The third-order valence-corrected chi connectivity index (χ3v) is 7.37. The molecule has 1 amide bonds. The maximum atomic E-state index is 12.6. The molecule has 2 saturated heterocycles. The van der Waals surface area contributed by atoms with E-state index >= 15 is 0 Å². The zero-order valence-electron chi connectivity index (χ0n) is 18.0. The van der Waals surface area contributed by atoms with Crippen LogP contribution in [0.25, 0.3) is 6.08 Å². The van der Waals surface area contributed by atoms with Crippen molar-refractivity contribution in [2.45, 2.75) is 25.2 Å². The average Bonchev–Trinajstić information content (AvgIpc) is 2.76. The van der Waals surface area contributed by atoms with Crippen LogP contribution in [0.5, 0.6) is 0 Å². The Bertz CT molecular complexity index is 896. The molecule has 9 heteroatoms. The Morgan fingerprint density at radius 3 is 2.32 bits per heavy atom. The quantitative estimate of drug-likeness (QED) is 0.484. The SMILES string of the molecule is CC1CC(C)CN(C(=O)COC(=O)/C=C/c2ccc(S(=O)(=O)N3CCOCC3)cc2)C1. The first kappa shape index (κ1) is 23.4. The van der Waals surface area contributed by atoms with Gasteiger partial charge in [-0.3, -0.25) is 4.79 Å². The molecule has 8 nitrogen and oxygen atoms in total. The molecule has 0 aliphatic carbocycles. The second-order valence-electron chi connectivity index (χ2n) is 8.27. The number of piperidine rings is 1. The highest BCUT2D eigenvalue weighted by Gasteiger charge is 2.27. The summed E-state index contributed by atoms with van der Waals surface area (Å²) < 4.78 is 36.9. The van der Waals surface area contributed by atoms with Crippen molar-refractivity contribution in [2.24, 2.45) is 11.8 Å². The average molecular weight is 451 g/mol. The Hall–Kier alpha value is -2.23. The maximum absolute atomic E-state index is 12.6. The molecule has 1 aromatic rings. The molecule has 31 heavy (non-hydrogen) atoms. The van der Waals surface area contributed by atoms with Gasteiger partial charge in [0.1, 0.15) is 0 Å². The van der Waals surface area contributed by atoms with Crippen LogP contribution in [0.15, 0.2) is 35.2 Å². The number of carbonyl (C=O) groups excluding carboxylic acids is 2. The molecular weight excluding hydrogens is 420 g/mol. The van der Waals surface area contributed by atoms with Gasteiger partial charge in [0.05, 0.1) is 18.1 Å². The highest BCUT2D eigenvalue weighted by molar-refractivity contribution is 7.89. The molecule has 2 atom stereocenters. The summed E-state index contributed by atoms with van der Waals surface area (Å²) in [6.07, 6.45) is 3.86. The van der Waals surface area contributed by atoms with Crippen molar-refractivity contribution in [3.05, 3.63) is 35.9 Å². The Balaban J connectivity index is 1.51. The van der Waals surface area contributed by atoms with Gasteiger partial charge in [-0.1, -0.05) is 26.0 Å². The summed E-state index contributed by atoms with van der Waals surface area (Å²) in [5.41, 5.74) is 0.655. The minimum Gasteiger partial charge on any atom is -0.452 e. The van der Waals surface area contributed by atoms with Crippen LogP contribution < -0.4 is 0 Å². The van der Waals surface area contributed by atoms with E-state index in [-0.39, 0.29) is 17.4 Å². The summed E-state index contributed by atoms with van der Waals surface area (Å²) in [5.74, 6) is 0.0888. The van der Waals surface area contributed by atoms with E-state index in [4.69, 9.17) is 9.47 Å². The third kappa shape index (κ3) is 6.38. The van der Waals surface area contributed by atoms with Crippen molar-refractivity contribution in [3.8, 4) is 0 Å². The number of ether oxygens (including phenoxy) is 2. The van der Waals surface area contributed by atoms with Gasteiger partial charge in [0.2, 0.25) is 10.0 Å². The highest BCUT2D eigenvalue weighted by Crippen LogP contribution is 2.21. The summed E-state index contributed by atoms with van der Waals surface area (Å²) in [6, 6.07) is 6.27. The van der Waals surface area contributed by atoms with E-state index in [0.29, 0.717) is 56.8 Å². The smallest absolute Gasteiger partial charge is 0.331 e. The van der Waals surface area contributed by atoms with Gasteiger partial charge in [-0.05, 0) is 42.0 Å². The van der Waals surface area contributed by atoms with Gasteiger partial charge >= 0.3 is 5.97 Å². The van der Waals surface area contributed by atoms with Crippen molar-refractivity contribution < 1.29 is 27.5 Å². The van der Waals surface area contributed by atoms with Crippen LogP contribution in [0, 0.1) is 11.8 Å². The van der Waals surface area contributed by atoms with Crippen molar-refractivity contribution >= 4 is 28.0 Å². The number of carbonyl (C=O) groups is 2. The normalized spacial score (nSPS) is 23.1. The van der Waals surface area contributed by atoms with Crippen molar-refractivity contribution in [2.75, 3.05) is 46.0 Å². The molecule has 0 saturated carbocycles. The van der Waals surface area contributed by atoms with Gasteiger partial charge in [-0.2, -0.15) is 4.31 Å². The first-order chi connectivity index (χ1) is 14.8.